The fourth-order valence-electron chi connectivity index (χ4n) is 2.33. The quantitative estimate of drug-likeness (QED) is 0.496. The molecule has 0 spiro atoms. The van der Waals surface area contributed by atoms with Crippen molar-refractivity contribution in [3.05, 3.63) is 53.3 Å². The lowest BCUT2D eigenvalue weighted by Gasteiger charge is -2.11. The highest BCUT2D eigenvalue weighted by Gasteiger charge is 2.21. The van der Waals surface area contributed by atoms with Crippen molar-refractivity contribution in [2.75, 3.05) is 5.75 Å². The molecule has 0 nitrogen and oxygen atoms in total. The van der Waals surface area contributed by atoms with E-state index in [1.54, 1.807) is 17.8 Å². The normalized spacial score (nSPS) is 17.2. The number of benzene rings is 2. The van der Waals surface area contributed by atoms with Crippen molar-refractivity contribution >= 4 is 35.1 Å². The first-order chi connectivity index (χ1) is 9.67. The van der Waals surface area contributed by atoms with Crippen molar-refractivity contribution in [3.63, 3.8) is 0 Å². The summed E-state index contributed by atoms with van der Waals surface area (Å²) in [4.78, 5) is 3.36. The lowest BCUT2D eigenvalue weighted by Crippen LogP contribution is -1.96. The fourth-order valence-corrected chi connectivity index (χ4v) is 4.60. The molecule has 0 saturated carbocycles. The predicted octanol–water partition coefficient (Wildman–Crippen LogP) is 5.92. The number of fused-ring (bicyclic) bond motifs is 2. The van der Waals surface area contributed by atoms with Crippen molar-refractivity contribution < 1.29 is 4.39 Å². The molecule has 2 aromatic carbocycles. The minimum Gasteiger partial charge on any atom is -0.207 e. The van der Waals surface area contributed by atoms with E-state index < -0.39 is 0 Å². The largest absolute Gasteiger partial charge is 0.207 e. The van der Waals surface area contributed by atoms with E-state index in [0.717, 1.165) is 33.1 Å². The number of thioether (sulfide) groups is 1. The zero-order valence-electron chi connectivity index (χ0n) is 11.0. The van der Waals surface area contributed by atoms with Gasteiger partial charge in [-0.2, -0.15) is 0 Å². The number of halogens is 2. The van der Waals surface area contributed by atoms with E-state index in [2.05, 4.69) is 25.1 Å². The second-order valence-electron chi connectivity index (χ2n) is 4.66. The second-order valence-corrected chi connectivity index (χ2v) is 7.61. The summed E-state index contributed by atoms with van der Waals surface area (Å²) in [5, 5.41) is -0.0541. The Morgan fingerprint density at radius 3 is 2.90 bits per heavy atom. The zero-order valence-corrected chi connectivity index (χ0v) is 13.4. The molecule has 4 heteroatoms. The molecular weight excluding hydrogens is 311 g/mol. The average molecular weight is 325 g/mol. The van der Waals surface area contributed by atoms with Crippen LogP contribution in [0.4, 0.5) is 4.39 Å². The van der Waals surface area contributed by atoms with Gasteiger partial charge in [-0.1, -0.05) is 24.8 Å². The summed E-state index contributed by atoms with van der Waals surface area (Å²) in [5.41, 5.74) is 2.28. The van der Waals surface area contributed by atoms with Gasteiger partial charge < -0.3 is 0 Å². The maximum absolute atomic E-state index is 13.4. The van der Waals surface area contributed by atoms with E-state index in [1.165, 1.54) is 11.0 Å². The Kier molecular flexibility index (Phi) is 4.29. The Morgan fingerprint density at radius 2 is 2.10 bits per heavy atom. The Hall–Kier alpha value is -0.640. The molecule has 1 atom stereocenters. The van der Waals surface area contributed by atoms with E-state index in [1.807, 2.05) is 17.8 Å². The van der Waals surface area contributed by atoms with E-state index in [4.69, 9.17) is 11.6 Å². The van der Waals surface area contributed by atoms with Gasteiger partial charge >= 0.3 is 0 Å². The molecule has 0 bridgehead atoms. The van der Waals surface area contributed by atoms with Gasteiger partial charge in [-0.25, -0.2) is 4.39 Å². The molecule has 0 saturated heterocycles. The lowest BCUT2D eigenvalue weighted by molar-refractivity contribution is 0.622. The summed E-state index contributed by atoms with van der Waals surface area (Å²) in [7, 11) is 0. The first-order valence-corrected chi connectivity index (χ1v) is 8.78. The molecule has 0 N–H and O–H groups in total. The van der Waals surface area contributed by atoms with Crippen LogP contribution in [-0.2, 0) is 6.42 Å². The Bertz CT molecular complexity index is 642. The van der Waals surface area contributed by atoms with Gasteiger partial charge in [0.15, 0.2) is 0 Å². The van der Waals surface area contributed by atoms with Gasteiger partial charge in [-0.15, -0.1) is 23.4 Å². The van der Waals surface area contributed by atoms with Crippen LogP contribution in [0.1, 0.15) is 23.4 Å². The van der Waals surface area contributed by atoms with Crippen LogP contribution in [0.5, 0.6) is 0 Å². The van der Waals surface area contributed by atoms with Gasteiger partial charge in [0, 0.05) is 14.7 Å². The van der Waals surface area contributed by atoms with Crippen molar-refractivity contribution in [1.29, 1.82) is 0 Å². The Labute approximate surface area is 132 Å². The molecule has 0 amide bonds. The van der Waals surface area contributed by atoms with E-state index >= 15 is 0 Å². The fraction of sp³-hybridized carbons (Fsp3) is 0.250. The molecule has 0 aromatic heterocycles. The summed E-state index contributed by atoms with van der Waals surface area (Å²) in [6.07, 6.45) is 0.747. The molecular formula is C16H14ClFS2. The van der Waals surface area contributed by atoms with Crippen molar-refractivity contribution in [2.24, 2.45) is 0 Å². The standard InChI is InChI=1S/C16H14ClFS2/c1-2-19-12-5-6-15-13(9-12)14(17)7-10-3-4-11(18)8-16(10)20-15/h3-6,8-9,14H,2,7H2,1H3. The summed E-state index contributed by atoms with van der Waals surface area (Å²) < 4.78 is 13.4. The van der Waals surface area contributed by atoms with Crippen LogP contribution < -0.4 is 0 Å². The van der Waals surface area contributed by atoms with Crippen LogP contribution in [0.3, 0.4) is 0 Å². The third-order valence-corrected chi connectivity index (χ3v) is 5.73. The Morgan fingerprint density at radius 1 is 1.25 bits per heavy atom. The molecule has 0 fully saturated rings. The van der Waals surface area contributed by atoms with Crippen LogP contribution in [0, 0.1) is 5.82 Å². The minimum absolute atomic E-state index is 0.0541. The van der Waals surface area contributed by atoms with E-state index in [9.17, 15) is 4.39 Å². The van der Waals surface area contributed by atoms with Gasteiger partial charge in [-0.05, 0) is 53.6 Å². The lowest BCUT2D eigenvalue weighted by atomic mass is 10.0. The van der Waals surface area contributed by atoms with Gasteiger partial charge in [0.05, 0.1) is 5.38 Å². The number of hydrogen-bond acceptors (Lipinski definition) is 2. The maximum Gasteiger partial charge on any atom is 0.124 e. The summed E-state index contributed by atoms with van der Waals surface area (Å²) in [5.74, 6) is 0.855. The number of alkyl halides is 1. The molecule has 1 aliphatic heterocycles. The zero-order chi connectivity index (χ0) is 14.1. The molecule has 3 rings (SSSR count). The average Bonchev–Trinajstić information content (AvgIpc) is 2.56. The van der Waals surface area contributed by atoms with E-state index in [-0.39, 0.29) is 11.2 Å². The highest BCUT2D eigenvalue weighted by atomic mass is 35.5. The van der Waals surface area contributed by atoms with Crippen LogP contribution in [0.15, 0.2) is 51.1 Å². The van der Waals surface area contributed by atoms with Gasteiger partial charge in [0.1, 0.15) is 5.82 Å². The molecule has 0 aliphatic carbocycles. The van der Waals surface area contributed by atoms with Crippen molar-refractivity contribution in [2.45, 2.75) is 33.4 Å². The Balaban J connectivity index is 2.04. The van der Waals surface area contributed by atoms with Crippen molar-refractivity contribution in [1.82, 2.24) is 0 Å². The van der Waals surface area contributed by atoms with Crippen LogP contribution >= 0.6 is 35.1 Å². The van der Waals surface area contributed by atoms with Crippen LogP contribution in [0.2, 0.25) is 0 Å². The smallest absolute Gasteiger partial charge is 0.124 e. The molecule has 2 aromatic rings. The predicted molar refractivity (Wildman–Crippen MR) is 85.7 cm³/mol. The molecule has 0 radical (unpaired) electrons. The minimum atomic E-state index is -0.191. The highest BCUT2D eigenvalue weighted by molar-refractivity contribution is 7.99. The first-order valence-electron chi connectivity index (χ1n) is 6.54. The topological polar surface area (TPSA) is 0 Å². The monoisotopic (exact) mass is 324 g/mol. The third-order valence-electron chi connectivity index (χ3n) is 3.28. The third kappa shape index (κ3) is 2.85. The molecule has 1 heterocycles. The van der Waals surface area contributed by atoms with Gasteiger partial charge in [0.2, 0.25) is 0 Å². The maximum atomic E-state index is 13.4. The summed E-state index contributed by atoms with van der Waals surface area (Å²) >= 11 is 10.0. The second kappa shape index (κ2) is 6.00. The van der Waals surface area contributed by atoms with Crippen molar-refractivity contribution in [3.8, 4) is 0 Å². The summed E-state index contributed by atoms with van der Waals surface area (Å²) in [6.45, 7) is 2.14. The molecule has 104 valence electrons. The molecule has 1 aliphatic rings. The first kappa shape index (κ1) is 14.3. The van der Waals surface area contributed by atoms with Gasteiger partial charge in [0.25, 0.3) is 0 Å². The highest BCUT2D eigenvalue weighted by Crippen LogP contribution is 2.44. The number of rotatable bonds is 2. The molecule has 20 heavy (non-hydrogen) atoms. The molecule has 1 unspecified atom stereocenters. The number of hydrogen-bond donors (Lipinski definition) is 0. The SMILES string of the molecule is CCSc1ccc2c(c1)C(Cl)Cc1ccc(F)cc1S2. The van der Waals surface area contributed by atoms with E-state index in [0.29, 0.717) is 0 Å². The van der Waals surface area contributed by atoms with Crippen LogP contribution in [-0.4, -0.2) is 5.75 Å². The summed E-state index contributed by atoms with van der Waals surface area (Å²) in [6, 6.07) is 11.4. The van der Waals surface area contributed by atoms with Gasteiger partial charge in [-0.3, -0.25) is 0 Å². The van der Waals surface area contributed by atoms with Crippen LogP contribution in [0.25, 0.3) is 0 Å².